The average Bonchev–Trinajstić information content (AvgIpc) is 2.29. The second kappa shape index (κ2) is 7.10. The predicted molar refractivity (Wildman–Crippen MR) is 73.5 cm³/mol. The van der Waals surface area contributed by atoms with Gasteiger partial charge in [-0.3, -0.25) is 4.79 Å². The van der Waals surface area contributed by atoms with Gasteiger partial charge in [-0.1, -0.05) is 13.8 Å². The first kappa shape index (κ1) is 15.4. The Bertz CT molecular complexity index is 261. The van der Waals surface area contributed by atoms with Crippen LogP contribution in [0.25, 0.3) is 0 Å². The lowest BCUT2D eigenvalue weighted by Crippen LogP contribution is -2.58. The molecule has 18 heavy (non-hydrogen) atoms. The summed E-state index contributed by atoms with van der Waals surface area (Å²) in [6, 6.07) is 0.0665. The molecule has 2 N–H and O–H groups in total. The highest BCUT2D eigenvalue weighted by molar-refractivity contribution is 5.86. The van der Waals surface area contributed by atoms with E-state index in [2.05, 4.69) is 24.5 Å². The van der Waals surface area contributed by atoms with Crippen molar-refractivity contribution in [3.05, 3.63) is 0 Å². The quantitative estimate of drug-likeness (QED) is 0.760. The third kappa shape index (κ3) is 4.94. The molecule has 0 aromatic carbocycles. The van der Waals surface area contributed by atoms with E-state index in [1.165, 1.54) is 0 Å². The number of carbonyl (C=O) groups is 1. The number of hydrogen-bond donors (Lipinski definition) is 2. The van der Waals surface area contributed by atoms with E-state index >= 15 is 0 Å². The second-order valence-electron chi connectivity index (χ2n) is 6.02. The smallest absolute Gasteiger partial charge is 0.240 e. The second-order valence-corrected chi connectivity index (χ2v) is 6.02. The van der Waals surface area contributed by atoms with E-state index in [0.717, 1.165) is 32.4 Å². The van der Waals surface area contributed by atoms with E-state index in [1.54, 1.807) is 0 Å². The predicted octanol–water partition coefficient (Wildman–Crippen LogP) is 1.70. The van der Waals surface area contributed by atoms with Crippen molar-refractivity contribution in [3.63, 3.8) is 0 Å². The maximum Gasteiger partial charge on any atom is 0.240 e. The van der Waals surface area contributed by atoms with Gasteiger partial charge in [0.25, 0.3) is 0 Å². The van der Waals surface area contributed by atoms with E-state index in [9.17, 15) is 4.79 Å². The number of carbonyl (C=O) groups excluding carboxylic acids is 1. The van der Waals surface area contributed by atoms with Gasteiger partial charge in [0.1, 0.15) is 0 Å². The third-order valence-corrected chi connectivity index (χ3v) is 3.32. The summed E-state index contributed by atoms with van der Waals surface area (Å²) >= 11 is 0. The van der Waals surface area contributed by atoms with Crippen molar-refractivity contribution in [1.82, 2.24) is 10.6 Å². The van der Waals surface area contributed by atoms with Gasteiger partial charge >= 0.3 is 0 Å². The SMILES string of the molecule is CC(C)COC[C@@H](C)NC(=O)[C@@]1(C)CCCCN1. The Hall–Kier alpha value is -0.610. The molecule has 1 heterocycles. The first-order chi connectivity index (χ1) is 8.44. The summed E-state index contributed by atoms with van der Waals surface area (Å²) in [4.78, 5) is 12.2. The van der Waals surface area contributed by atoms with Gasteiger partial charge in [-0.15, -0.1) is 0 Å². The molecule has 0 aromatic rings. The van der Waals surface area contributed by atoms with E-state index in [0.29, 0.717) is 12.5 Å². The van der Waals surface area contributed by atoms with Crippen molar-refractivity contribution in [1.29, 1.82) is 0 Å². The van der Waals surface area contributed by atoms with Crippen LogP contribution in [0.4, 0.5) is 0 Å². The monoisotopic (exact) mass is 256 g/mol. The average molecular weight is 256 g/mol. The molecular formula is C14H28N2O2. The number of hydrogen-bond acceptors (Lipinski definition) is 3. The number of nitrogens with one attached hydrogen (secondary N) is 2. The van der Waals surface area contributed by atoms with Crippen molar-refractivity contribution in [2.75, 3.05) is 19.8 Å². The zero-order valence-electron chi connectivity index (χ0n) is 12.2. The van der Waals surface area contributed by atoms with E-state index in [1.807, 2.05) is 13.8 Å². The van der Waals surface area contributed by atoms with Crippen LogP contribution in [0.2, 0.25) is 0 Å². The zero-order valence-corrected chi connectivity index (χ0v) is 12.2. The third-order valence-electron chi connectivity index (χ3n) is 3.32. The van der Waals surface area contributed by atoms with Crippen LogP contribution in [-0.2, 0) is 9.53 Å². The summed E-state index contributed by atoms with van der Waals surface area (Å²) in [6.45, 7) is 10.5. The fraction of sp³-hybridized carbons (Fsp3) is 0.929. The lowest BCUT2D eigenvalue weighted by atomic mass is 9.90. The van der Waals surface area contributed by atoms with Gasteiger partial charge in [-0.25, -0.2) is 0 Å². The van der Waals surface area contributed by atoms with Crippen LogP contribution >= 0.6 is 0 Å². The van der Waals surface area contributed by atoms with Crippen LogP contribution in [0.3, 0.4) is 0 Å². The van der Waals surface area contributed by atoms with Crippen LogP contribution in [0.5, 0.6) is 0 Å². The van der Waals surface area contributed by atoms with Gasteiger partial charge in [0.2, 0.25) is 5.91 Å². The highest BCUT2D eigenvalue weighted by Crippen LogP contribution is 2.18. The molecule has 1 amide bonds. The lowest BCUT2D eigenvalue weighted by Gasteiger charge is -2.34. The molecular weight excluding hydrogens is 228 g/mol. The van der Waals surface area contributed by atoms with Crippen LogP contribution in [-0.4, -0.2) is 37.2 Å². The first-order valence-corrected chi connectivity index (χ1v) is 7.08. The molecule has 1 rings (SSSR count). The Morgan fingerprint density at radius 3 is 2.61 bits per heavy atom. The van der Waals surface area contributed by atoms with Crippen LogP contribution in [0.1, 0.15) is 47.0 Å². The van der Waals surface area contributed by atoms with Crippen molar-refractivity contribution in [3.8, 4) is 0 Å². The molecule has 0 aromatic heterocycles. The van der Waals surface area contributed by atoms with Gasteiger partial charge in [-0.05, 0) is 45.6 Å². The summed E-state index contributed by atoms with van der Waals surface area (Å²) < 4.78 is 5.54. The summed E-state index contributed by atoms with van der Waals surface area (Å²) in [5.74, 6) is 0.633. The minimum atomic E-state index is -0.398. The molecule has 0 aliphatic carbocycles. The zero-order chi connectivity index (χ0) is 13.6. The Labute approximate surface area is 111 Å². The van der Waals surface area contributed by atoms with Gasteiger partial charge in [0.05, 0.1) is 12.1 Å². The first-order valence-electron chi connectivity index (χ1n) is 7.08. The minimum Gasteiger partial charge on any atom is -0.379 e. The molecule has 1 saturated heterocycles. The number of piperidine rings is 1. The van der Waals surface area contributed by atoms with E-state index < -0.39 is 5.54 Å². The molecule has 106 valence electrons. The van der Waals surface area contributed by atoms with E-state index in [4.69, 9.17) is 4.74 Å². The topological polar surface area (TPSA) is 50.4 Å². The molecule has 1 fully saturated rings. The Morgan fingerprint density at radius 2 is 2.06 bits per heavy atom. The molecule has 1 aliphatic rings. The summed E-state index contributed by atoms with van der Waals surface area (Å²) in [6.07, 6.45) is 3.20. The van der Waals surface area contributed by atoms with Crippen LogP contribution in [0.15, 0.2) is 0 Å². The number of rotatable bonds is 6. The molecule has 0 saturated carbocycles. The number of amides is 1. The maximum absolute atomic E-state index is 12.2. The Balaban J connectivity index is 2.29. The van der Waals surface area contributed by atoms with Gasteiger partial charge in [0.15, 0.2) is 0 Å². The largest absolute Gasteiger partial charge is 0.379 e. The fourth-order valence-electron chi connectivity index (χ4n) is 2.16. The molecule has 2 atom stereocenters. The van der Waals surface area contributed by atoms with Crippen LogP contribution < -0.4 is 10.6 Å². The van der Waals surface area contributed by atoms with Crippen molar-refractivity contribution >= 4 is 5.91 Å². The van der Waals surface area contributed by atoms with Gasteiger partial charge < -0.3 is 15.4 Å². The highest BCUT2D eigenvalue weighted by Gasteiger charge is 2.34. The molecule has 0 radical (unpaired) electrons. The molecule has 1 aliphatic heterocycles. The summed E-state index contributed by atoms with van der Waals surface area (Å²) in [5, 5.41) is 6.36. The molecule has 0 bridgehead atoms. The number of ether oxygens (including phenoxy) is 1. The van der Waals surface area contributed by atoms with Gasteiger partial charge in [0, 0.05) is 12.6 Å². The van der Waals surface area contributed by atoms with Crippen molar-refractivity contribution in [2.24, 2.45) is 5.92 Å². The molecule has 0 spiro atoms. The van der Waals surface area contributed by atoms with Crippen LogP contribution in [0, 0.1) is 5.92 Å². The normalized spacial score (nSPS) is 26.1. The lowest BCUT2D eigenvalue weighted by molar-refractivity contribution is -0.129. The van der Waals surface area contributed by atoms with E-state index in [-0.39, 0.29) is 11.9 Å². The minimum absolute atomic E-state index is 0.0665. The Morgan fingerprint density at radius 1 is 1.33 bits per heavy atom. The molecule has 4 nitrogen and oxygen atoms in total. The van der Waals surface area contributed by atoms with Crippen molar-refractivity contribution < 1.29 is 9.53 Å². The fourth-order valence-corrected chi connectivity index (χ4v) is 2.16. The van der Waals surface area contributed by atoms with Gasteiger partial charge in [-0.2, -0.15) is 0 Å². The highest BCUT2D eigenvalue weighted by atomic mass is 16.5. The van der Waals surface area contributed by atoms with Crippen molar-refractivity contribution in [2.45, 2.75) is 58.5 Å². The maximum atomic E-state index is 12.2. The molecule has 4 heteroatoms. The summed E-state index contributed by atoms with van der Waals surface area (Å²) in [7, 11) is 0. The molecule has 0 unspecified atom stereocenters. The standard InChI is InChI=1S/C14H28N2O2/c1-11(2)9-18-10-12(3)16-13(17)14(4)7-5-6-8-15-14/h11-12,15H,5-10H2,1-4H3,(H,16,17)/t12-,14-/m1/s1. The Kier molecular flexibility index (Phi) is 6.09. The summed E-state index contributed by atoms with van der Waals surface area (Å²) in [5.41, 5.74) is -0.398.